The van der Waals surface area contributed by atoms with Crippen LogP contribution >= 0.6 is 0 Å². The largest absolute Gasteiger partial charge is 0.389 e. The molecular formula is C15H21NO. The Morgan fingerprint density at radius 3 is 2.59 bits per heavy atom. The Bertz CT molecular complexity index is 419. The number of hydrogen-bond donors (Lipinski definition) is 2. The van der Waals surface area contributed by atoms with Crippen molar-refractivity contribution in [2.24, 2.45) is 5.41 Å². The van der Waals surface area contributed by atoms with E-state index < -0.39 is 0 Å². The molecule has 3 rings (SSSR count). The second-order valence-electron chi connectivity index (χ2n) is 5.81. The van der Waals surface area contributed by atoms with Gasteiger partial charge in [0.15, 0.2) is 0 Å². The van der Waals surface area contributed by atoms with Gasteiger partial charge in [-0.25, -0.2) is 0 Å². The van der Waals surface area contributed by atoms with Crippen LogP contribution in [0.15, 0.2) is 18.2 Å². The SMILES string of the molecule is CC(O)c1ccc2c(c1)CC1(CCNCC1)C2. The highest BCUT2D eigenvalue weighted by atomic mass is 16.3. The maximum absolute atomic E-state index is 9.65. The first kappa shape index (κ1) is 11.2. The van der Waals surface area contributed by atoms with Gasteiger partial charge in [-0.3, -0.25) is 0 Å². The summed E-state index contributed by atoms with van der Waals surface area (Å²) in [6.45, 7) is 4.17. The summed E-state index contributed by atoms with van der Waals surface area (Å²) in [4.78, 5) is 0. The van der Waals surface area contributed by atoms with Crippen LogP contribution in [-0.2, 0) is 12.8 Å². The molecule has 1 fully saturated rings. The highest BCUT2D eigenvalue weighted by Gasteiger charge is 2.37. The second kappa shape index (κ2) is 4.11. The third-order valence-electron chi connectivity index (χ3n) is 4.51. The van der Waals surface area contributed by atoms with Crippen molar-refractivity contribution >= 4 is 0 Å². The van der Waals surface area contributed by atoms with E-state index in [0.29, 0.717) is 5.41 Å². The first-order valence-electron chi connectivity index (χ1n) is 6.69. The Balaban J connectivity index is 1.87. The molecule has 17 heavy (non-hydrogen) atoms. The van der Waals surface area contributed by atoms with Crippen LogP contribution in [0.3, 0.4) is 0 Å². The minimum Gasteiger partial charge on any atom is -0.389 e. The number of piperidine rings is 1. The van der Waals surface area contributed by atoms with E-state index in [4.69, 9.17) is 0 Å². The van der Waals surface area contributed by atoms with E-state index in [1.807, 2.05) is 6.92 Å². The van der Waals surface area contributed by atoms with Gasteiger partial charge in [0, 0.05) is 0 Å². The van der Waals surface area contributed by atoms with Crippen molar-refractivity contribution in [1.29, 1.82) is 0 Å². The Morgan fingerprint density at radius 1 is 1.18 bits per heavy atom. The number of benzene rings is 1. The molecule has 1 spiro atoms. The highest BCUT2D eigenvalue weighted by molar-refractivity contribution is 5.38. The molecule has 0 saturated carbocycles. The lowest BCUT2D eigenvalue weighted by molar-refractivity contribution is 0.199. The van der Waals surface area contributed by atoms with Crippen LogP contribution in [0, 0.1) is 5.41 Å². The molecule has 1 unspecified atom stereocenters. The van der Waals surface area contributed by atoms with Crippen molar-refractivity contribution in [3.05, 3.63) is 34.9 Å². The van der Waals surface area contributed by atoms with Crippen LogP contribution < -0.4 is 5.32 Å². The first-order chi connectivity index (χ1) is 8.19. The minimum absolute atomic E-state index is 0.343. The van der Waals surface area contributed by atoms with Gasteiger partial charge in [-0.2, -0.15) is 0 Å². The molecule has 0 bridgehead atoms. The highest BCUT2D eigenvalue weighted by Crippen LogP contribution is 2.43. The fourth-order valence-corrected chi connectivity index (χ4v) is 3.42. The van der Waals surface area contributed by atoms with Crippen molar-refractivity contribution in [2.45, 2.75) is 38.7 Å². The predicted octanol–water partition coefficient (Wildman–Crippen LogP) is 2.21. The molecule has 2 N–H and O–H groups in total. The Hall–Kier alpha value is -0.860. The van der Waals surface area contributed by atoms with Crippen LogP contribution in [0.5, 0.6) is 0 Å². The first-order valence-corrected chi connectivity index (χ1v) is 6.69. The normalized spacial score (nSPS) is 23.6. The van der Waals surface area contributed by atoms with Crippen LogP contribution in [0.25, 0.3) is 0 Å². The van der Waals surface area contributed by atoms with Gasteiger partial charge in [0.05, 0.1) is 6.10 Å². The van der Waals surface area contributed by atoms with Crippen molar-refractivity contribution in [3.8, 4) is 0 Å². The standard InChI is InChI=1S/C15H21NO/c1-11(17)12-2-3-13-9-15(10-14(13)8-12)4-6-16-7-5-15/h2-3,8,11,16-17H,4-7,9-10H2,1H3. The van der Waals surface area contributed by atoms with Crippen LogP contribution in [0.4, 0.5) is 0 Å². The fraction of sp³-hybridized carbons (Fsp3) is 0.600. The number of aliphatic hydroxyl groups excluding tert-OH is 1. The molecule has 0 radical (unpaired) electrons. The van der Waals surface area contributed by atoms with Gasteiger partial charge in [-0.05, 0) is 67.8 Å². The predicted molar refractivity (Wildman–Crippen MR) is 69.0 cm³/mol. The van der Waals surface area contributed by atoms with E-state index in [1.54, 1.807) is 0 Å². The van der Waals surface area contributed by atoms with Gasteiger partial charge >= 0.3 is 0 Å². The lowest BCUT2D eigenvalue weighted by Gasteiger charge is -2.33. The zero-order valence-electron chi connectivity index (χ0n) is 10.5. The third-order valence-corrected chi connectivity index (χ3v) is 4.51. The fourth-order valence-electron chi connectivity index (χ4n) is 3.42. The van der Waals surface area contributed by atoms with Gasteiger partial charge in [0.2, 0.25) is 0 Å². The Morgan fingerprint density at radius 2 is 1.88 bits per heavy atom. The summed E-state index contributed by atoms with van der Waals surface area (Å²) >= 11 is 0. The number of rotatable bonds is 1. The third kappa shape index (κ3) is 2.00. The van der Waals surface area contributed by atoms with Crippen LogP contribution in [-0.4, -0.2) is 18.2 Å². The van der Waals surface area contributed by atoms with Gasteiger partial charge in [0.1, 0.15) is 0 Å². The van der Waals surface area contributed by atoms with E-state index in [-0.39, 0.29) is 6.10 Å². The number of hydrogen-bond acceptors (Lipinski definition) is 2. The second-order valence-corrected chi connectivity index (χ2v) is 5.81. The summed E-state index contributed by atoms with van der Waals surface area (Å²) in [5.41, 5.74) is 4.57. The summed E-state index contributed by atoms with van der Waals surface area (Å²) in [6, 6.07) is 6.54. The van der Waals surface area contributed by atoms with E-state index >= 15 is 0 Å². The van der Waals surface area contributed by atoms with E-state index in [1.165, 1.54) is 36.8 Å². The monoisotopic (exact) mass is 231 g/mol. The lowest BCUT2D eigenvalue weighted by atomic mass is 9.76. The summed E-state index contributed by atoms with van der Waals surface area (Å²) < 4.78 is 0. The van der Waals surface area contributed by atoms with Crippen molar-refractivity contribution in [2.75, 3.05) is 13.1 Å². The van der Waals surface area contributed by atoms with Crippen LogP contribution in [0.1, 0.15) is 42.6 Å². The Labute approximate surface area is 103 Å². The molecule has 2 heteroatoms. The van der Waals surface area contributed by atoms with E-state index in [9.17, 15) is 5.11 Å². The number of nitrogens with one attached hydrogen (secondary N) is 1. The zero-order chi connectivity index (χ0) is 11.9. The lowest BCUT2D eigenvalue weighted by Crippen LogP contribution is -2.37. The topological polar surface area (TPSA) is 32.3 Å². The van der Waals surface area contributed by atoms with Crippen molar-refractivity contribution in [1.82, 2.24) is 5.32 Å². The number of aliphatic hydroxyl groups is 1. The van der Waals surface area contributed by atoms with E-state index in [0.717, 1.165) is 18.7 Å². The molecule has 1 aromatic rings. The number of fused-ring (bicyclic) bond motifs is 1. The molecule has 1 aliphatic carbocycles. The summed E-state index contributed by atoms with van der Waals surface area (Å²) in [5.74, 6) is 0. The molecule has 2 aliphatic rings. The molecule has 1 atom stereocenters. The smallest absolute Gasteiger partial charge is 0.0762 e. The van der Waals surface area contributed by atoms with Gasteiger partial charge in [-0.1, -0.05) is 18.2 Å². The summed E-state index contributed by atoms with van der Waals surface area (Å²) in [6.07, 6.45) is 4.70. The van der Waals surface area contributed by atoms with Crippen molar-refractivity contribution in [3.63, 3.8) is 0 Å². The average Bonchev–Trinajstić information content (AvgIpc) is 2.66. The molecule has 2 nitrogen and oxygen atoms in total. The maximum atomic E-state index is 9.65. The average molecular weight is 231 g/mol. The quantitative estimate of drug-likeness (QED) is 0.776. The van der Waals surface area contributed by atoms with Gasteiger partial charge < -0.3 is 10.4 Å². The molecule has 1 aromatic carbocycles. The maximum Gasteiger partial charge on any atom is 0.0762 e. The van der Waals surface area contributed by atoms with Crippen LogP contribution in [0.2, 0.25) is 0 Å². The van der Waals surface area contributed by atoms with Gasteiger partial charge in [0.25, 0.3) is 0 Å². The van der Waals surface area contributed by atoms with E-state index in [2.05, 4.69) is 23.5 Å². The molecular weight excluding hydrogens is 210 g/mol. The molecule has 0 amide bonds. The van der Waals surface area contributed by atoms with Gasteiger partial charge in [-0.15, -0.1) is 0 Å². The molecule has 92 valence electrons. The summed E-state index contributed by atoms with van der Waals surface area (Å²) in [7, 11) is 0. The molecule has 1 saturated heterocycles. The molecule has 1 heterocycles. The summed E-state index contributed by atoms with van der Waals surface area (Å²) in [5, 5.41) is 13.1. The minimum atomic E-state index is -0.343. The Kier molecular flexibility index (Phi) is 2.72. The van der Waals surface area contributed by atoms with Crippen molar-refractivity contribution < 1.29 is 5.11 Å². The molecule has 1 aliphatic heterocycles. The molecule has 0 aromatic heterocycles. The zero-order valence-corrected chi connectivity index (χ0v) is 10.5.